The molecule has 0 aliphatic heterocycles. The first-order valence-corrected chi connectivity index (χ1v) is 5.75. The molecule has 0 unspecified atom stereocenters. The summed E-state index contributed by atoms with van der Waals surface area (Å²) in [6.45, 7) is 5.43. The molecule has 1 atom stereocenters. The van der Waals surface area contributed by atoms with Crippen molar-refractivity contribution in [3.63, 3.8) is 0 Å². The number of hydrogen-bond acceptors (Lipinski definition) is 4. The maximum atomic E-state index is 11.9. The van der Waals surface area contributed by atoms with E-state index in [1.807, 2.05) is 20.8 Å². The van der Waals surface area contributed by atoms with Gasteiger partial charge in [-0.1, -0.05) is 20.8 Å². The Hall–Kier alpha value is -2.08. The van der Waals surface area contributed by atoms with Gasteiger partial charge < -0.3 is 21.3 Å². The molecule has 0 spiro atoms. The summed E-state index contributed by atoms with van der Waals surface area (Å²) in [7, 11) is 0. The summed E-state index contributed by atoms with van der Waals surface area (Å²) >= 11 is 0. The molecule has 1 amide bonds. The number of aromatic carboxylic acids is 1. The van der Waals surface area contributed by atoms with Crippen molar-refractivity contribution in [1.29, 1.82) is 0 Å². The van der Waals surface area contributed by atoms with E-state index >= 15 is 0 Å². The zero-order chi connectivity index (χ0) is 14.8. The summed E-state index contributed by atoms with van der Waals surface area (Å²) < 4.78 is 0. The Labute approximate surface area is 111 Å². The summed E-state index contributed by atoms with van der Waals surface area (Å²) in [6, 6.07) is 2.87. The lowest BCUT2D eigenvalue weighted by Gasteiger charge is -2.26. The Kier molecular flexibility index (Phi) is 4.16. The normalized spacial score (nSPS) is 12.8. The standard InChI is InChI=1S/C13H18N2O4/c1-13(2,3)10(14)11(17)15-8-6-7(12(18)19)4-5-9(8)16/h4-6,10,16H,14H2,1-3H3,(H,15,17)(H,18,19)/t10-/m0/s1. The number of nitrogens with one attached hydrogen (secondary N) is 1. The molecule has 19 heavy (non-hydrogen) atoms. The molecule has 0 saturated heterocycles. The van der Waals surface area contributed by atoms with Crippen molar-refractivity contribution in [1.82, 2.24) is 0 Å². The van der Waals surface area contributed by atoms with E-state index in [4.69, 9.17) is 10.8 Å². The van der Waals surface area contributed by atoms with Crippen molar-refractivity contribution >= 4 is 17.6 Å². The van der Waals surface area contributed by atoms with Gasteiger partial charge in [-0.15, -0.1) is 0 Å². The molecule has 1 rings (SSSR count). The van der Waals surface area contributed by atoms with Gasteiger partial charge in [0, 0.05) is 0 Å². The fourth-order valence-corrected chi connectivity index (χ4v) is 1.37. The number of hydrogen-bond donors (Lipinski definition) is 4. The van der Waals surface area contributed by atoms with Crippen LogP contribution in [0.25, 0.3) is 0 Å². The van der Waals surface area contributed by atoms with Crippen LogP contribution in [0.4, 0.5) is 5.69 Å². The summed E-state index contributed by atoms with van der Waals surface area (Å²) in [4.78, 5) is 22.7. The third kappa shape index (κ3) is 3.69. The lowest BCUT2D eigenvalue weighted by molar-refractivity contribution is -0.119. The highest BCUT2D eigenvalue weighted by atomic mass is 16.4. The molecule has 6 nitrogen and oxygen atoms in total. The van der Waals surface area contributed by atoms with Crippen LogP contribution in [0.5, 0.6) is 5.75 Å². The van der Waals surface area contributed by atoms with E-state index in [2.05, 4.69) is 5.32 Å². The van der Waals surface area contributed by atoms with Crippen LogP contribution in [-0.4, -0.2) is 28.1 Å². The van der Waals surface area contributed by atoms with E-state index in [1.165, 1.54) is 18.2 Å². The van der Waals surface area contributed by atoms with Crippen molar-refractivity contribution < 1.29 is 19.8 Å². The van der Waals surface area contributed by atoms with E-state index in [0.29, 0.717) is 0 Å². The second kappa shape index (κ2) is 5.27. The number of amides is 1. The third-order valence-corrected chi connectivity index (χ3v) is 2.72. The molecule has 5 N–H and O–H groups in total. The third-order valence-electron chi connectivity index (χ3n) is 2.72. The van der Waals surface area contributed by atoms with Crippen LogP contribution in [0.15, 0.2) is 18.2 Å². The number of carbonyl (C=O) groups is 2. The number of anilines is 1. The fourth-order valence-electron chi connectivity index (χ4n) is 1.37. The Morgan fingerprint density at radius 1 is 1.32 bits per heavy atom. The van der Waals surface area contributed by atoms with Crippen molar-refractivity contribution in [3.8, 4) is 5.75 Å². The first kappa shape index (κ1) is 15.0. The van der Waals surface area contributed by atoms with Gasteiger partial charge in [-0.3, -0.25) is 4.79 Å². The number of carboxylic acids is 1. The molecule has 0 saturated carbocycles. The summed E-state index contributed by atoms with van der Waals surface area (Å²) in [5.74, 6) is -1.83. The Balaban J connectivity index is 2.96. The van der Waals surface area contributed by atoms with E-state index in [1.54, 1.807) is 0 Å². The molecule has 0 aromatic heterocycles. The van der Waals surface area contributed by atoms with Crippen molar-refractivity contribution in [2.24, 2.45) is 11.1 Å². The van der Waals surface area contributed by atoms with Crippen LogP contribution in [-0.2, 0) is 4.79 Å². The zero-order valence-corrected chi connectivity index (χ0v) is 11.1. The van der Waals surface area contributed by atoms with Gasteiger partial charge in [0.1, 0.15) is 5.75 Å². The topological polar surface area (TPSA) is 113 Å². The van der Waals surface area contributed by atoms with Gasteiger partial charge in [-0.2, -0.15) is 0 Å². The van der Waals surface area contributed by atoms with Gasteiger partial charge in [0.15, 0.2) is 0 Å². The van der Waals surface area contributed by atoms with E-state index in [0.717, 1.165) is 0 Å². The molecule has 1 aromatic carbocycles. The van der Waals surface area contributed by atoms with Gasteiger partial charge >= 0.3 is 5.97 Å². The van der Waals surface area contributed by atoms with Gasteiger partial charge in [0.2, 0.25) is 5.91 Å². The van der Waals surface area contributed by atoms with E-state index < -0.39 is 23.3 Å². The van der Waals surface area contributed by atoms with Crippen molar-refractivity contribution in [3.05, 3.63) is 23.8 Å². The number of phenols is 1. The average Bonchev–Trinajstić information content (AvgIpc) is 2.29. The molecule has 0 aliphatic carbocycles. The summed E-state index contributed by atoms with van der Waals surface area (Å²) in [5, 5.41) is 20.9. The first-order chi connectivity index (χ1) is 8.62. The van der Waals surface area contributed by atoms with Crippen LogP contribution in [0, 0.1) is 5.41 Å². The molecule has 0 radical (unpaired) electrons. The van der Waals surface area contributed by atoms with Crippen molar-refractivity contribution in [2.75, 3.05) is 5.32 Å². The smallest absolute Gasteiger partial charge is 0.335 e. The molecular weight excluding hydrogens is 248 g/mol. The highest BCUT2D eigenvalue weighted by Crippen LogP contribution is 2.26. The Bertz CT molecular complexity index is 506. The minimum atomic E-state index is -1.14. The quantitative estimate of drug-likeness (QED) is 0.618. The highest BCUT2D eigenvalue weighted by Gasteiger charge is 2.28. The second-order valence-corrected chi connectivity index (χ2v) is 5.37. The SMILES string of the molecule is CC(C)(C)[C@@H](N)C(=O)Nc1cc(C(=O)O)ccc1O. The van der Waals surface area contributed by atoms with E-state index in [9.17, 15) is 14.7 Å². The molecule has 0 heterocycles. The van der Waals surface area contributed by atoms with Gasteiger partial charge in [-0.25, -0.2) is 4.79 Å². The maximum absolute atomic E-state index is 11.9. The summed E-state index contributed by atoms with van der Waals surface area (Å²) in [6.07, 6.45) is 0. The van der Waals surface area contributed by atoms with Gasteiger partial charge in [0.25, 0.3) is 0 Å². The molecular formula is C13H18N2O4. The second-order valence-electron chi connectivity index (χ2n) is 5.37. The molecule has 0 fully saturated rings. The molecule has 104 valence electrons. The number of rotatable bonds is 3. The average molecular weight is 266 g/mol. The van der Waals surface area contributed by atoms with Crippen LogP contribution in [0.1, 0.15) is 31.1 Å². The largest absolute Gasteiger partial charge is 0.506 e. The predicted molar refractivity (Wildman–Crippen MR) is 71.1 cm³/mol. The number of phenolic OH excluding ortho intramolecular Hbond substituents is 1. The number of benzene rings is 1. The minimum absolute atomic E-state index is 0.0302. The van der Waals surface area contributed by atoms with Crippen molar-refractivity contribution in [2.45, 2.75) is 26.8 Å². The lowest BCUT2D eigenvalue weighted by Crippen LogP contribution is -2.45. The van der Waals surface area contributed by atoms with Gasteiger partial charge in [-0.05, 0) is 23.6 Å². The monoisotopic (exact) mass is 266 g/mol. The van der Waals surface area contributed by atoms with Crippen LogP contribution >= 0.6 is 0 Å². The number of carbonyl (C=O) groups excluding carboxylic acids is 1. The molecule has 0 aliphatic rings. The van der Waals surface area contributed by atoms with Crippen LogP contribution in [0.3, 0.4) is 0 Å². The number of nitrogens with two attached hydrogens (primary N) is 1. The zero-order valence-electron chi connectivity index (χ0n) is 11.1. The minimum Gasteiger partial charge on any atom is -0.506 e. The maximum Gasteiger partial charge on any atom is 0.335 e. The molecule has 1 aromatic rings. The summed E-state index contributed by atoms with van der Waals surface area (Å²) in [5.41, 5.74) is 5.34. The number of carboxylic acid groups (broad SMARTS) is 1. The number of aromatic hydroxyl groups is 1. The Morgan fingerprint density at radius 2 is 1.89 bits per heavy atom. The van der Waals surface area contributed by atoms with Crippen LogP contribution < -0.4 is 11.1 Å². The van der Waals surface area contributed by atoms with E-state index in [-0.39, 0.29) is 17.0 Å². The van der Waals surface area contributed by atoms with Crippen LogP contribution in [0.2, 0.25) is 0 Å². The molecule has 6 heteroatoms. The first-order valence-electron chi connectivity index (χ1n) is 5.75. The fraction of sp³-hybridized carbons (Fsp3) is 0.385. The van der Waals surface area contributed by atoms with Gasteiger partial charge in [0.05, 0.1) is 17.3 Å². The highest BCUT2D eigenvalue weighted by molar-refractivity contribution is 5.98. The predicted octanol–water partition coefficient (Wildman–Crippen LogP) is 1.40. The molecule has 0 bridgehead atoms. The lowest BCUT2D eigenvalue weighted by atomic mass is 9.87. The Morgan fingerprint density at radius 3 is 2.37 bits per heavy atom.